The van der Waals surface area contributed by atoms with Crippen LogP contribution in [0.2, 0.25) is 0 Å². The van der Waals surface area contributed by atoms with E-state index in [2.05, 4.69) is 10.6 Å². The van der Waals surface area contributed by atoms with Gasteiger partial charge in [0.15, 0.2) is 0 Å². The number of anilines is 1. The molecule has 1 saturated carbocycles. The molecule has 142 valence electrons. The van der Waals surface area contributed by atoms with E-state index in [1.807, 2.05) is 24.3 Å². The predicted molar refractivity (Wildman–Crippen MR) is 103 cm³/mol. The molecule has 1 aliphatic rings. The van der Waals surface area contributed by atoms with E-state index in [0.29, 0.717) is 37.2 Å². The van der Waals surface area contributed by atoms with Gasteiger partial charge in [0.25, 0.3) is 0 Å². The van der Waals surface area contributed by atoms with E-state index in [9.17, 15) is 9.59 Å². The molecule has 0 aromatic heterocycles. The van der Waals surface area contributed by atoms with E-state index in [1.54, 1.807) is 38.5 Å². The van der Waals surface area contributed by atoms with E-state index in [0.717, 1.165) is 11.3 Å². The summed E-state index contributed by atoms with van der Waals surface area (Å²) in [6, 6.07) is 14.8. The zero-order chi connectivity index (χ0) is 19.3. The molecule has 2 amide bonds. The molecule has 0 radical (unpaired) electrons. The number of methoxy groups -OCH3 is 2. The Kier molecular flexibility index (Phi) is 5.64. The van der Waals surface area contributed by atoms with E-state index in [4.69, 9.17) is 9.47 Å². The lowest BCUT2D eigenvalue weighted by atomic mass is 10.0. The van der Waals surface area contributed by atoms with Crippen LogP contribution < -0.4 is 20.1 Å². The molecule has 0 spiro atoms. The molecule has 0 atom stereocenters. The molecule has 2 aromatic rings. The Morgan fingerprint density at radius 3 is 1.96 bits per heavy atom. The van der Waals surface area contributed by atoms with Gasteiger partial charge in [0.05, 0.1) is 14.2 Å². The average Bonchev–Trinajstić information content (AvgIpc) is 3.51. The van der Waals surface area contributed by atoms with Crippen LogP contribution in [0.4, 0.5) is 5.69 Å². The number of nitrogens with one attached hydrogen (secondary N) is 2. The fourth-order valence-corrected chi connectivity index (χ4v) is 2.89. The van der Waals surface area contributed by atoms with Crippen LogP contribution in [-0.2, 0) is 16.0 Å². The van der Waals surface area contributed by atoms with E-state index in [-0.39, 0.29) is 11.8 Å². The van der Waals surface area contributed by atoms with Crippen molar-refractivity contribution in [3.8, 4) is 11.5 Å². The smallest absolute Gasteiger partial charge is 0.240 e. The molecule has 0 bridgehead atoms. The third kappa shape index (κ3) is 4.39. The second kappa shape index (κ2) is 8.12. The first-order valence-corrected chi connectivity index (χ1v) is 8.94. The van der Waals surface area contributed by atoms with Gasteiger partial charge < -0.3 is 20.1 Å². The Morgan fingerprint density at radius 2 is 1.44 bits per heavy atom. The minimum absolute atomic E-state index is 0.206. The van der Waals surface area contributed by atoms with Gasteiger partial charge in [0.2, 0.25) is 11.8 Å². The third-order valence-corrected chi connectivity index (χ3v) is 4.83. The van der Waals surface area contributed by atoms with Crippen molar-refractivity contribution in [1.82, 2.24) is 5.32 Å². The van der Waals surface area contributed by atoms with Crippen LogP contribution in [0.1, 0.15) is 18.4 Å². The van der Waals surface area contributed by atoms with Gasteiger partial charge in [-0.15, -0.1) is 0 Å². The van der Waals surface area contributed by atoms with Gasteiger partial charge in [-0.2, -0.15) is 0 Å². The molecule has 0 unspecified atom stereocenters. The summed E-state index contributed by atoms with van der Waals surface area (Å²) < 4.78 is 10.2. The molecule has 6 heteroatoms. The SMILES string of the molecule is COc1ccc(CCNC(=O)C2(C(=O)Nc3ccc(OC)cc3)CC2)cc1. The summed E-state index contributed by atoms with van der Waals surface area (Å²) in [6.07, 6.45) is 1.85. The van der Waals surface area contributed by atoms with Crippen molar-refractivity contribution in [3.05, 3.63) is 54.1 Å². The van der Waals surface area contributed by atoms with Crippen LogP contribution >= 0.6 is 0 Å². The summed E-state index contributed by atoms with van der Waals surface area (Å²) in [6.45, 7) is 0.489. The number of amides is 2. The summed E-state index contributed by atoms with van der Waals surface area (Å²) >= 11 is 0. The maximum atomic E-state index is 12.6. The molecule has 27 heavy (non-hydrogen) atoms. The molecular formula is C21H24N2O4. The highest BCUT2D eigenvalue weighted by atomic mass is 16.5. The average molecular weight is 368 g/mol. The van der Waals surface area contributed by atoms with Crippen molar-refractivity contribution in [2.45, 2.75) is 19.3 Å². The van der Waals surface area contributed by atoms with Gasteiger partial charge in [0, 0.05) is 12.2 Å². The summed E-state index contributed by atoms with van der Waals surface area (Å²) in [5, 5.41) is 5.72. The van der Waals surface area contributed by atoms with Crippen LogP contribution in [0.3, 0.4) is 0 Å². The van der Waals surface area contributed by atoms with Gasteiger partial charge in [-0.3, -0.25) is 9.59 Å². The number of hydrogen-bond acceptors (Lipinski definition) is 4. The van der Waals surface area contributed by atoms with Gasteiger partial charge in [-0.1, -0.05) is 12.1 Å². The molecule has 2 aromatic carbocycles. The molecule has 1 aliphatic carbocycles. The first kappa shape index (κ1) is 18.8. The number of carbonyl (C=O) groups excluding carboxylic acids is 2. The van der Waals surface area contributed by atoms with Crippen molar-refractivity contribution in [2.75, 3.05) is 26.1 Å². The highest BCUT2D eigenvalue weighted by Gasteiger charge is 2.56. The van der Waals surface area contributed by atoms with Crippen LogP contribution in [0.15, 0.2) is 48.5 Å². The number of hydrogen-bond donors (Lipinski definition) is 2. The van der Waals surface area contributed by atoms with Crippen LogP contribution in [-0.4, -0.2) is 32.6 Å². The van der Waals surface area contributed by atoms with E-state index < -0.39 is 5.41 Å². The Bertz CT molecular complexity index is 796. The molecular weight excluding hydrogens is 344 g/mol. The largest absolute Gasteiger partial charge is 0.497 e. The normalized spacial score (nSPS) is 14.1. The maximum absolute atomic E-state index is 12.6. The minimum atomic E-state index is -0.945. The third-order valence-electron chi connectivity index (χ3n) is 4.83. The van der Waals surface area contributed by atoms with Gasteiger partial charge in [-0.25, -0.2) is 0 Å². The zero-order valence-corrected chi connectivity index (χ0v) is 15.6. The highest BCUT2D eigenvalue weighted by molar-refractivity contribution is 6.13. The molecule has 1 fully saturated rings. The minimum Gasteiger partial charge on any atom is -0.497 e. The first-order valence-electron chi connectivity index (χ1n) is 8.94. The standard InChI is InChI=1S/C21H24N2O4/c1-26-17-7-3-15(4-8-17)11-14-22-19(24)21(12-13-21)20(25)23-16-5-9-18(27-2)10-6-16/h3-10H,11-14H2,1-2H3,(H,22,24)(H,23,25). The molecule has 0 saturated heterocycles. The maximum Gasteiger partial charge on any atom is 0.240 e. The van der Waals surface area contributed by atoms with Crippen molar-refractivity contribution in [3.63, 3.8) is 0 Å². The van der Waals surface area contributed by atoms with Crippen LogP contribution in [0.5, 0.6) is 11.5 Å². The Hall–Kier alpha value is -3.02. The summed E-state index contributed by atoms with van der Waals surface area (Å²) in [5.74, 6) is 1.05. The topological polar surface area (TPSA) is 76.7 Å². The number of ether oxygens (including phenoxy) is 2. The summed E-state index contributed by atoms with van der Waals surface area (Å²) in [4.78, 5) is 25.1. The first-order chi connectivity index (χ1) is 13.1. The highest BCUT2D eigenvalue weighted by Crippen LogP contribution is 2.46. The van der Waals surface area contributed by atoms with Crippen LogP contribution in [0.25, 0.3) is 0 Å². The number of rotatable bonds is 8. The van der Waals surface area contributed by atoms with Crippen molar-refractivity contribution in [2.24, 2.45) is 5.41 Å². The zero-order valence-electron chi connectivity index (χ0n) is 15.6. The molecule has 6 nitrogen and oxygen atoms in total. The van der Waals surface area contributed by atoms with E-state index in [1.165, 1.54) is 0 Å². The van der Waals surface area contributed by atoms with Gasteiger partial charge >= 0.3 is 0 Å². The summed E-state index contributed by atoms with van der Waals surface area (Å²) in [7, 11) is 3.21. The van der Waals surface area contributed by atoms with Crippen molar-refractivity contribution in [1.29, 1.82) is 0 Å². The quantitative estimate of drug-likeness (QED) is 0.703. The fraction of sp³-hybridized carbons (Fsp3) is 0.333. The van der Waals surface area contributed by atoms with Gasteiger partial charge in [0.1, 0.15) is 16.9 Å². The second-order valence-corrected chi connectivity index (χ2v) is 6.62. The Labute approximate surface area is 158 Å². The van der Waals surface area contributed by atoms with E-state index >= 15 is 0 Å². The van der Waals surface area contributed by atoms with Crippen LogP contribution in [0, 0.1) is 5.41 Å². The molecule has 0 aliphatic heterocycles. The number of benzene rings is 2. The fourth-order valence-electron chi connectivity index (χ4n) is 2.89. The van der Waals surface area contributed by atoms with Crippen molar-refractivity contribution >= 4 is 17.5 Å². The summed E-state index contributed by atoms with van der Waals surface area (Å²) in [5.41, 5.74) is 0.807. The Balaban J connectivity index is 1.51. The second-order valence-electron chi connectivity index (χ2n) is 6.62. The predicted octanol–water partition coefficient (Wildman–Crippen LogP) is 2.78. The molecule has 3 rings (SSSR count). The lowest BCUT2D eigenvalue weighted by Crippen LogP contribution is -2.40. The molecule has 2 N–H and O–H groups in total. The monoisotopic (exact) mass is 368 g/mol. The lowest BCUT2D eigenvalue weighted by molar-refractivity contribution is -0.134. The van der Waals surface area contributed by atoms with Gasteiger partial charge in [-0.05, 0) is 61.2 Å². The lowest BCUT2D eigenvalue weighted by Gasteiger charge is -2.15. The van der Waals surface area contributed by atoms with Crippen molar-refractivity contribution < 1.29 is 19.1 Å². The Morgan fingerprint density at radius 1 is 0.889 bits per heavy atom. The molecule has 0 heterocycles. The number of carbonyl (C=O) groups is 2.